The maximum Gasteiger partial charge on any atom is 0.416 e. The number of amides is 1. The fourth-order valence-electron chi connectivity index (χ4n) is 4.04. The first-order valence-corrected chi connectivity index (χ1v) is 12.1. The fraction of sp³-hybridized carbons (Fsp3) is 0.333. The molecule has 4 aromatic rings. The number of carbonyl (C=O) groups excluding carboxylic acids is 1. The molecule has 0 unspecified atom stereocenters. The lowest BCUT2D eigenvalue weighted by Crippen LogP contribution is -2.37. The molecule has 0 radical (unpaired) electrons. The average Bonchev–Trinajstić information content (AvgIpc) is 3.16. The van der Waals surface area contributed by atoms with Gasteiger partial charge in [-0.15, -0.1) is 0 Å². The monoisotopic (exact) mass is 523 g/mol. The number of nitrogens with zero attached hydrogens (tertiary/aromatic N) is 5. The van der Waals surface area contributed by atoms with E-state index in [0.717, 1.165) is 22.4 Å². The summed E-state index contributed by atoms with van der Waals surface area (Å²) >= 11 is 6.52. The molecule has 0 N–H and O–H groups in total. The second-order valence-corrected chi connectivity index (χ2v) is 9.96. The molecule has 0 saturated heterocycles. The number of halogens is 1. The summed E-state index contributed by atoms with van der Waals surface area (Å²) in [6.45, 7) is 9.46. The molecule has 37 heavy (non-hydrogen) atoms. The molecule has 0 atom stereocenters. The Morgan fingerprint density at radius 3 is 2.43 bits per heavy atom. The number of benzene rings is 1. The molecule has 0 saturated carbocycles. The van der Waals surface area contributed by atoms with Crippen molar-refractivity contribution in [1.82, 2.24) is 19.6 Å². The summed E-state index contributed by atoms with van der Waals surface area (Å²) in [5.41, 5.74) is 3.78. The van der Waals surface area contributed by atoms with Gasteiger partial charge in [0.15, 0.2) is 17.1 Å². The highest BCUT2D eigenvalue weighted by molar-refractivity contribution is 6.30. The van der Waals surface area contributed by atoms with Crippen molar-refractivity contribution in [2.45, 2.75) is 46.8 Å². The molecular formula is C27H30ClN5O4. The van der Waals surface area contributed by atoms with Gasteiger partial charge in [-0.05, 0) is 70.0 Å². The molecule has 3 aromatic heterocycles. The van der Waals surface area contributed by atoms with Gasteiger partial charge in [0, 0.05) is 23.5 Å². The van der Waals surface area contributed by atoms with E-state index in [0.29, 0.717) is 28.7 Å². The zero-order valence-electron chi connectivity index (χ0n) is 22.0. The van der Waals surface area contributed by atoms with Crippen LogP contribution in [0.1, 0.15) is 37.7 Å². The summed E-state index contributed by atoms with van der Waals surface area (Å²) in [6.07, 6.45) is 1.17. The van der Waals surface area contributed by atoms with Gasteiger partial charge in [0.1, 0.15) is 16.6 Å². The van der Waals surface area contributed by atoms with Crippen LogP contribution < -0.4 is 14.4 Å². The lowest BCUT2D eigenvalue weighted by Gasteiger charge is -2.27. The highest BCUT2D eigenvalue weighted by atomic mass is 35.5. The van der Waals surface area contributed by atoms with Gasteiger partial charge in [0.25, 0.3) is 0 Å². The zero-order valence-corrected chi connectivity index (χ0v) is 22.8. The summed E-state index contributed by atoms with van der Waals surface area (Å²) in [5, 5.41) is 4.96. The van der Waals surface area contributed by atoms with Crippen molar-refractivity contribution in [1.29, 1.82) is 0 Å². The number of aromatic nitrogens is 4. The molecular weight excluding hydrogens is 494 g/mol. The largest absolute Gasteiger partial charge is 0.493 e. The van der Waals surface area contributed by atoms with Crippen LogP contribution >= 0.6 is 11.6 Å². The van der Waals surface area contributed by atoms with Gasteiger partial charge in [-0.1, -0.05) is 17.7 Å². The van der Waals surface area contributed by atoms with Crippen molar-refractivity contribution in [2.75, 3.05) is 19.1 Å². The van der Waals surface area contributed by atoms with Crippen LogP contribution in [0.25, 0.3) is 16.8 Å². The van der Waals surface area contributed by atoms with Crippen LogP contribution in [0.2, 0.25) is 5.15 Å². The molecule has 1 aromatic carbocycles. The SMILES string of the molecule is COc1ccc(-c2c(C)nn3c(N(Cc4ccnc(C)c4)C(=O)OC(C)(C)C)cc(Cl)nc23)cc1OC. The number of carbonyl (C=O) groups is 1. The van der Waals surface area contributed by atoms with Crippen molar-refractivity contribution in [3.05, 3.63) is 64.7 Å². The first kappa shape index (κ1) is 26.2. The smallest absolute Gasteiger partial charge is 0.416 e. The minimum absolute atomic E-state index is 0.212. The van der Waals surface area contributed by atoms with Gasteiger partial charge in [-0.25, -0.2) is 9.78 Å². The summed E-state index contributed by atoms with van der Waals surface area (Å²) in [5.74, 6) is 1.61. The summed E-state index contributed by atoms with van der Waals surface area (Å²) < 4.78 is 18.3. The standard InChI is InChI=1S/C27H30ClN5O4/c1-16-12-18(10-11-29-16)15-32(26(34)37-27(3,4)5)23-14-22(28)30-25-24(17(2)31-33(23)25)19-8-9-20(35-6)21(13-19)36-7/h8-14H,15H2,1-7H3. The molecule has 194 valence electrons. The first-order valence-electron chi connectivity index (χ1n) is 11.7. The Kier molecular flexibility index (Phi) is 7.27. The Hall–Kier alpha value is -3.85. The molecule has 0 bridgehead atoms. The van der Waals surface area contributed by atoms with E-state index in [-0.39, 0.29) is 11.7 Å². The molecule has 0 spiro atoms. The van der Waals surface area contributed by atoms with Gasteiger partial charge in [0.05, 0.1) is 26.5 Å². The van der Waals surface area contributed by atoms with Gasteiger partial charge in [0.2, 0.25) is 0 Å². The second kappa shape index (κ2) is 10.3. The van der Waals surface area contributed by atoms with E-state index in [1.54, 1.807) is 31.0 Å². The Bertz CT molecular complexity index is 1460. The summed E-state index contributed by atoms with van der Waals surface area (Å²) in [7, 11) is 3.17. The van der Waals surface area contributed by atoms with Crippen LogP contribution in [-0.4, -0.2) is 45.5 Å². The quantitative estimate of drug-likeness (QED) is 0.285. The van der Waals surface area contributed by atoms with Crippen LogP contribution in [0.3, 0.4) is 0 Å². The fourth-order valence-corrected chi connectivity index (χ4v) is 4.22. The van der Waals surface area contributed by atoms with Crippen molar-refractivity contribution in [3.63, 3.8) is 0 Å². The van der Waals surface area contributed by atoms with E-state index in [4.69, 9.17) is 30.9 Å². The predicted molar refractivity (Wildman–Crippen MR) is 143 cm³/mol. The molecule has 3 heterocycles. The molecule has 0 fully saturated rings. The number of hydrogen-bond acceptors (Lipinski definition) is 7. The number of methoxy groups -OCH3 is 2. The van der Waals surface area contributed by atoms with Crippen LogP contribution in [0.15, 0.2) is 42.6 Å². The predicted octanol–water partition coefficient (Wildman–Crippen LogP) is 6.02. The van der Waals surface area contributed by atoms with Gasteiger partial charge >= 0.3 is 6.09 Å². The number of fused-ring (bicyclic) bond motifs is 1. The number of hydrogen-bond donors (Lipinski definition) is 0. The van der Waals surface area contributed by atoms with Crippen LogP contribution in [0, 0.1) is 13.8 Å². The highest BCUT2D eigenvalue weighted by Gasteiger charge is 2.28. The first-order chi connectivity index (χ1) is 17.5. The normalized spacial score (nSPS) is 11.5. The minimum atomic E-state index is -0.704. The Morgan fingerprint density at radius 2 is 1.78 bits per heavy atom. The molecule has 0 aliphatic rings. The van der Waals surface area contributed by atoms with Crippen molar-refractivity contribution in [2.24, 2.45) is 0 Å². The van der Waals surface area contributed by atoms with Crippen LogP contribution in [0.4, 0.5) is 10.6 Å². The lowest BCUT2D eigenvalue weighted by atomic mass is 10.1. The maximum absolute atomic E-state index is 13.5. The Labute approximate surface area is 221 Å². The van der Waals surface area contributed by atoms with E-state index in [1.807, 2.05) is 65.0 Å². The van der Waals surface area contributed by atoms with Crippen LogP contribution in [0.5, 0.6) is 11.5 Å². The van der Waals surface area contributed by atoms with E-state index in [1.165, 1.54) is 4.90 Å². The number of rotatable bonds is 6. The van der Waals surface area contributed by atoms with Gasteiger partial charge in [-0.3, -0.25) is 9.88 Å². The van der Waals surface area contributed by atoms with Crippen molar-refractivity contribution >= 4 is 29.2 Å². The lowest BCUT2D eigenvalue weighted by molar-refractivity contribution is 0.0575. The topological polar surface area (TPSA) is 91.1 Å². The van der Waals surface area contributed by atoms with E-state index < -0.39 is 11.7 Å². The zero-order chi connectivity index (χ0) is 26.9. The van der Waals surface area contributed by atoms with E-state index >= 15 is 0 Å². The molecule has 1 amide bonds. The summed E-state index contributed by atoms with van der Waals surface area (Å²) in [4.78, 5) is 23.8. The molecule has 0 aliphatic carbocycles. The Morgan fingerprint density at radius 1 is 1.05 bits per heavy atom. The van der Waals surface area contributed by atoms with E-state index in [9.17, 15) is 4.79 Å². The second-order valence-electron chi connectivity index (χ2n) is 9.57. The van der Waals surface area contributed by atoms with E-state index in [2.05, 4.69) is 9.97 Å². The molecule has 10 heteroatoms. The third kappa shape index (κ3) is 5.61. The van der Waals surface area contributed by atoms with Gasteiger partial charge in [-0.2, -0.15) is 9.61 Å². The van der Waals surface area contributed by atoms with Crippen molar-refractivity contribution in [3.8, 4) is 22.6 Å². The minimum Gasteiger partial charge on any atom is -0.493 e. The molecule has 9 nitrogen and oxygen atoms in total. The highest BCUT2D eigenvalue weighted by Crippen LogP contribution is 2.37. The number of ether oxygens (including phenoxy) is 3. The summed E-state index contributed by atoms with van der Waals surface area (Å²) in [6, 6.07) is 11.0. The van der Waals surface area contributed by atoms with Gasteiger partial charge < -0.3 is 14.2 Å². The molecule has 4 rings (SSSR count). The number of pyridine rings is 1. The number of aryl methyl sites for hydroxylation is 2. The third-order valence-corrected chi connectivity index (χ3v) is 5.77. The maximum atomic E-state index is 13.5. The van der Waals surface area contributed by atoms with Crippen molar-refractivity contribution < 1.29 is 19.0 Å². The Balaban J connectivity index is 1.90. The van der Waals surface area contributed by atoms with Crippen LogP contribution in [-0.2, 0) is 11.3 Å². The number of anilines is 1. The average molecular weight is 524 g/mol. The molecule has 0 aliphatic heterocycles. The third-order valence-electron chi connectivity index (χ3n) is 5.58.